The molecule has 0 spiro atoms. The number of alkyl carbamates (subject to hydrolysis) is 1. The van der Waals surface area contributed by atoms with Gasteiger partial charge in [-0.3, -0.25) is 4.79 Å². The van der Waals surface area contributed by atoms with Gasteiger partial charge >= 0.3 is 6.09 Å². The molecular weight excluding hydrogens is 299 g/mol. The molecule has 1 aliphatic heterocycles. The van der Waals surface area contributed by atoms with Crippen molar-refractivity contribution in [2.24, 2.45) is 0 Å². The minimum Gasteiger partial charge on any atom is -0.444 e. The fourth-order valence-corrected chi connectivity index (χ4v) is 2.58. The van der Waals surface area contributed by atoms with Crippen molar-refractivity contribution in [3.63, 3.8) is 0 Å². The van der Waals surface area contributed by atoms with Gasteiger partial charge in [0, 0.05) is 12.5 Å². The average Bonchev–Trinajstić information content (AvgIpc) is 2.60. The largest absolute Gasteiger partial charge is 0.444 e. The summed E-state index contributed by atoms with van der Waals surface area (Å²) in [5.74, 6) is -0.503. The molecule has 5 nitrogen and oxygen atoms in total. The van der Waals surface area contributed by atoms with Gasteiger partial charge in [0.1, 0.15) is 17.5 Å². The number of carbonyl (C=O) groups is 2. The second-order valence-corrected chi connectivity index (χ2v) is 6.77. The third-order valence-corrected chi connectivity index (χ3v) is 3.65. The van der Waals surface area contributed by atoms with Gasteiger partial charge in [-0.05, 0) is 51.3 Å². The molecule has 1 aliphatic rings. The Hall–Kier alpha value is -2.11. The highest BCUT2D eigenvalue weighted by atomic mass is 19.1. The van der Waals surface area contributed by atoms with E-state index < -0.39 is 17.7 Å². The zero-order valence-electron chi connectivity index (χ0n) is 13.7. The fraction of sp³-hybridized carbons (Fsp3) is 0.529. The first-order chi connectivity index (χ1) is 10.7. The lowest BCUT2D eigenvalue weighted by atomic mass is 9.94. The highest BCUT2D eigenvalue weighted by Gasteiger charge is 2.28. The number of rotatable bonds is 2. The average molecular weight is 322 g/mol. The van der Waals surface area contributed by atoms with Crippen LogP contribution in [0.2, 0.25) is 0 Å². The fourth-order valence-electron chi connectivity index (χ4n) is 2.58. The number of amides is 2. The van der Waals surface area contributed by atoms with Crippen LogP contribution in [0.4, 0.5) is 9.18 Å². The summed E-state index contributed by atoms with van der Waals surface area (Å²) in [6.07, 6.45) is 0.538. The zero-order chi connectivity index (χ0) is 17.0. The Bertz CT molecular complexity index is 583. The van der Waals surface area contributed by atoms with Gasteiger partial charge in [0.25, 0.3) is 0 Å². The van der Waals surface area contributed by atoms with Gasteiger partial charge in [0.15, 0.2) is 0 Å². The maximum Gasteiger partial charge on any atom is 0.408 e. The Morgan fingerprint density at radius 3 is 2.74 bits per heavy atom. The number of hydrogen-bond acceptors (Lipinski definition) is 3. The minimum atomic E-state index is -0.636. The number of benzene rings is 1. The normalized spacial score (nSPS) is 22.0. The van der Waals surface area contributed by atoms with Crippen molar-refractivity contribution in [2.75, 3.05) is 6.54 Å². The molecule has 1 saturated heterocycles. The summed E-state index contributed by atoms with van der Waals surface area (Å²) in [5, 5.41) is 5.40. The summed E-state index contributed by atoms with van der Waals surface area (Å²) in [6, 6.07) is 5.75. The molecule has 1 aromatic rings. The molecule has 2 rings (SSSR count). The van der Waals surface area contributed by atoms with Crippen molar-refractivity contribution in [3.05, 3.63) is 35.6 Å². The molecular formula is C17H23FN2O3. The zero-order valence-corrected chi connectivity index (χ0v) is 13.7. The third kappa shape index (κ3) is 5.23. The summed E-state index contributed by atoms with van der Waals surface area (Å²) < 4.78 is 18.5. The van der Waals surface area contributed by atoms with E-state index in [2.05, 4.69) is 10.6 Å². The number of ether oxygens (including phenoxy) is 1. The minimum absolute atomic E-state index is 0.0279. The number of hydrogen-bond donors (Lipinski definition) is 2. The molecule has 1 aromatic carbocycles. The van der Waals surface area contributed by atoms with E-state index in [0.29, 0.717) is 19.4 Å². The summed E-state index contributed by atoms with van der Waals surface area (Å²) in [6.45, 7) is 5.72. The molecule has 1 fully saturated rings. The van der Waals surface area contributed by atoms with Gasteiger partial charge in [-0.1, -0.05) is 12.1 Å². The second kappa shape index (κ2) is 6.98. The van der Waals surface area contributed by atoms with Crippen LogP contribution in [-0.4, -0.2) is 30.2 Å². The van der Waals surface area contributed by atoms with E-state index in [9.17, 15) is 14.0 Å². The molecule has 1 heterocycles. The van der Waals surface area contributed by atoms with Crippen LogP contribution in [0.5, 0.6) is 0 Å². The Morgan fingerprint density at radius 1 is 1.35 bits per heavy atom. The highest BCUT2D eigenvalue weighted by molar-refractivity contribution is 5.85. The molecule has 23 heavy (non-hydrogen) atoms. The molecule has 0 bridgehead atoms. The Morgan fingerprint density at radius 2 is 2.09 bits per heavy atom. The molecule has 2 amide bonds. The van der Waals surface area contributed by atoms with E-state index in [0.717, 1.165) is 5.56 Å². The van der Waals surface area contributed by atoms with Crippen LogP contribution in [0.15, 0.2) is 24.3 Å². The van der Waals surface area contributed by atoms with Crippen molar-refractivity contribution in [1.82, 2.24) is 10.6 Å². The third-order valence-electron chi connectivity index (χ3n) is 3.65. The van der Waals surface area contributed by atoms with Crippen LogP contribution in [0.25, 0.3) is 0 Å². The van der Waals surface area contributed by atoms with Crippen LogP contribution in [0, 0.1) is 5.82 Å². The number of carbonyl (C=O) groups excluding carboxylic acids is 2. The maximum atomic E-state index is 13.3. The van der Waals surface area contributed by atoms with Gasteiger partial charge in [-0.15, -0.1) is 0 Å². The molecule has 2 atom stereocenters. The first kappa shape index (κ1) is 17.2. The SMILES string of the molecule is CC(C)(C)OC(=O)N[C@@H]1CC[C@H](c2cccc(F)c2)CNC1=O. The lowest BCUT2D eigenvalue weighted by Crippen LogP contribution is -2.47. The van der Waals surface area contributed by atoms with E-state index in [1.807, 2.05) is 6.07 Å². The van der Waals surface area contributed by atoms with Crippen molar-refractivity contribution < 1.29 is 18.7 Å². The summed E-state index contributed by atoms with van der Waals surface area (Å²) in [7, 11) is 0. The standard InChI is InChI=1S/C17H23FN2O3/c1-17(2,3)23-16(22)20-14-8-7-12(10-19-15(14)21)11-5-4-6-13(18)9-11/h4-6,9,12,14H,7-8,10H2,1-3H3,(H,19,21)(H,20,22)/t12-,14+/m0/s1. The lowest BCUT2D eigenvalue weighted by Gasteiger charge is -2.22. The summed E-state index contributed by atoms with van der Waals surface area (Å²) >= 11 is 0. The Kier molecular flexibility index (Phi) is 5.23. The predicted octanol–water partition coefficient (Wildman–Crippen LogP) is 2.71. The Balaban J connectivity index is 1.98. The maximum absolute atomic E-state index is 13.3. The van der Waals surface area contributed by atoms with E-state index in [-0.39, 0.29) is 17.6 Å². The van der Waals surface area contributed by atoms with Crippen molar-refractivity contribution in [2.45, 2.75) is 51.2 Å². The molecule has 0 unspecified atom stereocenters. The van der Waals surface area contributed by atoms with Gasteiger partial charge in [-0.2, -0.15) is 0 Å². The van der Waals surface area contributed by atoms with Gasteiger partial charge in [0.2, 0.25) is 5.91 Å². The highest BCUT2D eigenvalue weighted by Crippen LogP contribution is 2.24. The quantitative estimate of drug-likeness (QED) is 0.880. The smallest absolute Gasteiger partial charge is 0.408 e. The number of halogens is 1. The van der Waals surface area contributed by atoms with Crippen molar-refractivity contribution in [3.8, 4) is 0 Å². The summed E-state index contributed by atoms with van der Waals surface area (Å²) in [4.78, 5) is 23.9. The van der Waals surface area contributed by atoms with E-state index in [1.165, 1.54) is 12.1 Å². The van der Waals surface area contributed by atoms with E-state index in [1.54, 1.807) is 26.8 Å². The molecule has 0 aromatic heterocycles. The van der Waals surface area contributed by atoms with Crippen LogP contribution < -0.4 is 10.6 Å². The topological polar surface area (TPSA) is 67.4 Å². The van der Waals surface area contributed by atoms with Crippen molar-refractivity contribution in [1.29, 1.82) is 0 Å². The molecule has 6 heteroatoms. The van der Waals surface area contributed by atoms with Crippen LogP contribution >= 0.6 is 0 Å². The van der Waals surface area contributed by atoms with Crippen LogP contribution in [0.1, 0.15) is 45.1 Å². The molecule has 126 valence electrons. The number of nitrogens with one attached hydrogen (secondary N) is 2. The summed E-state index contributed by atoms with van der Waals surface area (Å²) in [5.41, 5.74) is 0.235. The second-order valence-electron chi connectivity index (χ2n) is 6.77. The van der Waals surface area contributed by atoms with Gasteiger partial charge < -0.3 is 15.4 Å². The molecule has 0 aliphatic carbocycles. The first-order valence-corrected chi connectivity index (χ1v) is 7.77. The van der Waals surface area contributed by atoms with E-state index >= 15 is 0 Å². The van der Waals surface area contributed by atoms with Gasteiger partial charge in [0.05, 0.1) is 0 Å². The molecule has 2 N–H and O–H groups in total. The van der Waals surface area contributed by atoms with Crippen molar-refractivity contribution >= 4 is 12.0 Å². The first-order valence-electron chi connectivity index (χ1n) is 7.77. The monoisotopic (exact) mass is 322 g/mol. The molecule has 0 saturated carbocycles. The lowest BCUT2D eigenvalue weighted by molar-refractivity contribution is -0.122. The van der Waals surface area contributed by atoms with E-state index in [4.69, 9.17) is 4.74 Å². The van der Waals surface area contributed by atoms with Crippen LogP contribution in [0.3, 0.4) is 0 Å². The van der Waals surface area contributed by atoms with Gasteiger partial charge in [-0.25, -0.2) is 9.18 Å². The Labute approximate surface area is 135 Å². The van der Waals surface area contributed by atoms with Crippen LogP contribution in [-0.2, 0) is 9.53 Å². The predicted molar refractivity (Wildman–Crippen MR) is 84.5 cm³/mol. The molecule has 0 radical (unpaired) electrons.